The van der Waals surface area contributed by atoms with E-state index in [-0.39, 0.29) is 3.57 Å². The second-order valence-corrected chi connectivity index (χ2v) is 7.39. The van der Waals surface area contributed by atoms with Crippen molar-refractivity contribution in [1.82, 2.24) is 0 Å². The van der Waals surface area contributed by atoms with Gasteiger partial charge >= 0.3 is 118 Å². The summed E-state index contributed by atoms with van der Waals surface area (Å²) in [6.07, 6.45) is -11.2. The molecule has 1 aliphatic rings. The van der Waals surface area contributed by atoms with Crippen LogP contribution in [0.5, 0.6) is 0 Å². The van der Waals surface area contributed by atoms with Crippen LogP contribution in [0.25, 0.3) is 0 Å². The molecule has 0 aromatic heterocycles. The fraction of sp³-hybridized carbons (Fsp3) is 0.333. The molecule has 0 atom stereocenters. The number of halogens is 7. The van der Waals surface area contributed by atoms with Gasteiger partial charge in [-0.3, -0.25) is 0 Å². The van der Waals surface area contributed by atoms with Crippen LogP contribution in [0.3, 0.4) is 0 Å². The third-order valence-corrected chi connectivity index (χ3v) is 6.74. The number of fused-ring (bicyclic) bond motifs is 1. The Balaban J connectivity index is 2.76. The summed E-state index contributed by atoms with van der Waals surface area (Å²) < 4.78 is 85.7. The van der Waals surface area contributed by atoms with Crippen LogP contribution in [0.1, 0.15) is 12.5 Å². The standard InChI is InChI=1S/C12H7F6IO/c1-2-7-19-9-6-4-3-5-8(9)10(20-19,11(13,14)15)12(16,17)18/h3-6H,1H3. The Kier molecular flexibility index (Phi) is 3.71. The molecule has 2 rings (SSSR count). The molecule has 0 unspecified atom stereocenters. The van der Waals surface area contributed by atoms with E-state index in [1.807, 2.05) is 0 Å². The summed E-state index contributed by atoms with van der Waals surface area (Å²) in [5.41, 5.74) is -5.14. The van der Waals surface area contributed by atoms with Gasteiger partial charge in [0.25, 0.3) is 0 Å². The van der Waals surface area contributed by atoms with E-state index in [2.05, 4.69) is 12.9 Å². The van der Waals surface area contributed by atoms with Gasteiger partial charge in [-0.2, -0.15) is 0 Å². The van der Waals surface area contributed by atoms with Crippen molar-refractivity contribution in [1.29, 1.82) is 0 Å². The van der Waals surface area contributed by atoms with Gasteiger partial charge in [0.2, 0.25) is 0 Å². The maximum absolute atomic E-state index is 13.1. The van der Waals surface area contributed by atoms with Crippen LogP contribution in [-0.4, -0.2) is 12.4 Å². The van der Waals surface area contributed by atoms with Gasteiger partial charge in [0.1, 0.15) is 0 Å². The number of alkyl halides is 6. The van der Waals surface area contributed by atoms with Crippen molar-refractivity contribution in [3.05, 3.63) is 33.4 Å². The van der Waals surface area contributed by atoms with Gasteiger partial charge in [0, 0.05) is 0 Å². The van der Waals surface area contributed by atoms with E-state index in [0.717, 1.165) is 12.1 Å². The molecule has 0 aliphatic carbocycles. The van der Waals surface area contributed by atoms with E-state index < -0.39 is 43.8 Å². The molecular formula is C12H7F6IO. The number of hydrogen-bond donors (Lipinski definition) is 0. The number of benzene rings is 1. The SMILES string of the molecule is CC#CI1OC(C(F)(F)F)(C(F)(F)F)c2ccccc21. The Morgan fingerprint density at radius 2 is 1.60 bits per heavy atom. The Morgan fingerprint density at radius 1 is 1.05 bits per heavy atom. The molecule has 0 fully saturated rings. The van der Waals surface area contributed by atoms with Gasteiger partial charge in [-0.25, -0.2) is 0 Å². The summed E-state index contributed by atoms with van der Waals surface area (Å²) in [6, 6.07) is 4.55. The number of hydrogen-bond acceptors (Lipinski definition) is 1. The van der Waals surface area contributed by atoms with Crippen molar-refractivity contribution in [3.8, 4) is 9.85 Å². The molecule has 1 aromatic rings. The molecule has 0 N–H and O–H groups in total. The third kappa shape index (κ3) is 2.07. The van der Waals surface area contributed by atoms with Crippen molar-refractivity contribution in [3.63, 3.8) is 0 Å². The average molecular weight is 408 g/mol. The van der Waals surface area contributed by atoms with Crippen molar-refractivity contribution in [2.24, 2.45) is 0 Å². The third-order valence-electron chi connectivity index (χ3n) is 2.61. The second-order valence-electron chi connectivity index (χ2n) is 3.83. The Labute approximate surface area is 118 Å². The molecule has 20 heavy (non-hydrogen) atoms. The first-order valence-corrected chi connectivity index (χ1v) is 8.24. The Bertz CT molecular complexity index is 566. The van der Waals surface area contributed by atoms with Crippen LogP contribution in [-0.2, 0) is 8.67 Å². The van der Waals surface area contributed by atoms with Gasteiger partial charge in [0.05, 0.1) is 0 Å². The van der Waals surface area contributed by atoms with Gasteiger partial charge in [-0.15, -0.1) is 0 Å². The Morgan fingerprint density at radius 3 is 2.10 bits per heavy atom. The van der Waals surface area contributed by atoms with Gasteiger partial charge in [0.15, 0.2) is 0 Å². The summed E-state index contributed by atoms with van der Waals surface area (Å²) >= 11 is -3.30. The topological polar surface area (TPSA) is 9.23 Å². The molecule has 8 heteroatoms. The first kappa shape index (κ1) is 15.4. The van der Waals surface area contributed by atoms with Crippen molar-refractivity contribution in [2.45, 2.75) is 24.9 Å². The van der Waals surface area contributed by atoms with Crippen LogP contribution in [0.2, 0.25) is 0 Å². The molecule has 110 valence electrons. The molecule has 0 radical (unpaired) electrons. The van der Waals surface area contributed by atoms with Crippen LogP contribution in [0, 0.1) is 13.4 Å². The predicted molar refractivity (Wildman–Crippen MR) is 67.5 cm³/mol. The summed E-state index contributed by atoms with van der Waals surface area (Å²) in [5, 5.41) is 0. The van der Waals surface area contributed by atoms with E-state index >= 15 is 0 Å². The van der Waals surface area contributed by atoms with Gasteiger partial charge in [-0.05, 0) is 0 Å². The van der Waals surface area contributed by atoms with E-state index in [1.54, 1.807) is 0 Å². The first-order valence-electron chi connectivity index (χ1n) is 5.20. The predicted octanol–water partition coefficient (Wildman–Crippen LogP) is 4.61. The van der Waals surface area contributed by atoms with Crippen molar-refractivity contribution >= 4 is 20.2 Å². The minimum absolute atomic E-state index is 0.0549. The molecule has 0 saturated heterocycles. The minimum atomic E-state index is -5.59. The van der Waals surface area contributed by atoms with Crippen LogP contribution in [0.4, 0.5) is 26.3 Å². The quantitative estimate of drug-likeness (QED) is 0.346. The summed E-state index contributed by atoms with van der Waals surface area (Å²) in [4.78, 5) is 0. The second kappa shape index (κ2) is 4.80. The number of rotatable bonds is 0. The first-order chi connectivity index (χ1) is 9.15. The molecule has 1 aromatic carbocycles. The van der Waals surface area contributed by atoms with Crippen molar-refractivity contribution in [2.75, 3.05) is 0 Å². The molecule has 0 spiro atoms. The Hall–Kier alpha value is -0.950. The van der Waals surface area contributed by atoms with Crippen LogP contribution in [0.15, 0.2) is 24.3 Å². The zero-order valence-corrected chi connectivity index (χ0v) is 12.0. The molecule has 1 heterocycles. The van der Waals surface area contributed by atoms with Crippen molar-refractivity contribution < 1.29 is 29.4 Å². The van der Waals surface area contributed by atoms with E-state index in [1.165, 1.54) is 19.1 Å². The summed E-state index contributed by atoms with van der Waals surface area (Å²) in [6.45, 7) is 1.35. The summed E-state index contributed by atoms with van der Waals surface area (Å²) in [5.74, 6) is 2.35. The fourth-order valence-electron chi connectivity index (χ4n) is 1.80. The maximum atomic E-state index is 13.1. The normalized spacial score (nSPS) is 19.2. The van der Waals surface area contributed by atoms with E-state index in [9.17, 15) is 26.3 Å². The van der Waals surface area contributed by atoms with Gasteiger partial charge < -0.3 is 0 Å². The molecule has 1 aliphatic heterocycles. The molecular weight excluding hydrogens is 401 g/mol. The zero-order chi connectivity index (χ0) is 15.2. The van der Waals surface area contributed by atoms with Crippen LogP contribution < -0.4 is 0 Å². The molecule has 1 nitrogen and oxygen atoms in total. The molecule has 0 saturated carbocycles. The van der Waals surface area contributed by atoms with Gasteiger partial charge in [-0.1, -0.05) is 0 Å². The fourth-order valence-corrected chi connectivity index (χ4v) is 5.95. The van der Waals surface area contributed by atoms with E-state index in [0.29, 0.717) is 0 Å². The average Bonchev–Trinajstić information content (AvgIpc) is 2.65. The molecule has 0 bridgehead atoms. The monoisotopic (exact) mass is 408 g/mol. The molecule has 0 amide bonds. The zero-order valence-electron chi connectivity index (χ0n) is 9.86. The van der Waals surface area contributed by atoms with E-state index in [4.69, 9.17) is 0 Å². The van der Waals surface area contributed by atoms with Crippen LogP contribution >= 0.6 is 20.2 Å². The summed E-state index contributed by atoms with van der Waals surface area (Å²) in [7, 11) is 0.